The Kier molecular flexibility index (Phi) is 10.0. The second-order valence-electron chi connectivity index (χ2n) is 10.4. The van der Waals surface area contributed by atoms with Crippen LogP contribution in [0.1, 0.15) is 50.1 Å². The summed E-state index contributed by atoms with van der Waals surface area (Å²) < 4.78 is 11.4. The minimum Gasteiger partial charge on any atom is -0.491 e. The van der Waals surface area contributed by atoms with Gasteiger partial charge in [0.05, 0.1) is 47.3 Å². The minimum absolute atomic E-state index is 0.0137. The van der Waals surface area contributed by atoms with Gasteiger partial charge in [-0.1, -0.05) is 37.0 Å². The predicted molar refractivity (Wildman–Crippen MR) is 162 cm³/mol. The first-order chi connectivity index (χ1) is 19.7. The van der Waals surface area contributed by atoms with Crippen LogP contribution in [0.25, 0.3) is 22.6 Å². The number of halogens is 1. The molecule has 11 heteroatoms. The van der Waals surface area contributed by atoms with Crippen molar-refractivity contribution in [2.45, 2.75) is 66.0 Å². The molecular weight excluding hydrogens is 544 g/mol. The lowest BCUT2D eigenvalue weighted by Crippen LogP contribution is -2.25. The standard InChI is InChI=1S/C30H39ClN6O4/c1-6-8-22(39)16-40-23-9-10-25(31)24(11-23)29-34-28(27-18(4)36-41-19(27)5)17(3)30(35-29)37-13-20(26(32)14-37)12-33-21(7-2)15-38/h9-12,21-22,38-39H,6-8,13-16,32H2,1-5H3/t21?,22-/m1/s1. The predicted octanol–water partition coefficient (Wildman–Crippen LogP) is 4.79. The van der Waals surface area contributed by atoms with E-state index in [1.807, 2.05) is 34.6 Å². The van der Waals surface area contributed by atoms with E-state index in [9.17, 15) is 10.2 Å². The summed E-state index contributed by atoms with van der Waals surface area (Å²) >= 11 is 6.68. The largest absolute Gasteiger partial charge is 0.491 e. The number of rotatable bonds is 12. The first kappa shape index (κ1) is 30.5. The van der Waals surface area contributed by atoms with Crippen molar-refractivity contribution >= 4 is 23.6 Å². The lowest BCUT2D eigenvalue weighted by atomic mass is 10.0. The van der Waals surface area contributed by atoms with Crippen LogP contribution >= 0.6 is 11.6 Å². The summed E-state index contributed by atoms with van der Waals surface area (Å²) in [4.78, 5) is 16.5. The Morgan fingerprint density at radius 3 is 2.66 bits per heavy atom. The second-order valence-corrected chi connectivity index (χ2v) is 10.8. The lowest BCUT2D eigenvalue weighted by Gasteiger charge is -2.22. The Morgan fingerprint density at radius 1 is 1.22 bits per heavy atom. The van der Waals surface area contributed by atoms with Crippen LogP contribution < -0.4 is 15.4 Å². The van der Waals surface area contributed by atoms with Crippen LogP contribution in [0, 0.1) is 20.8 Å². The van der Waals surface area contributed by atoms with Crippen LogP contribution in [0.5, 0.6) is 5.75 Å². The highest BCUT2D eigenvalue weighted by atomic mass is 35.5. The molecule has 3 heterocycles. The number of hydrogen-bond donors (Lipinski definition) is 3. The van der Waals surface area contributed by atoms with Crippen LogP contribution in [0.4, 0.5) is 5.82 Å². The van der Waals surface area contributed by atoms with Crippen molar-refractivity contribution in [1.82, 2.24) is 15.1 Å². The number of ether oxygens (including phenoxy) is 1. The van der Waals surface area contributed by atoms with E-state index < -0.39 is 6.10 Å². The maximum atomic E-state index is 10.1. The Balaban J connectivity index is 1.77. The van der Waals surface area contributed by atoms with E-state index in [4.69, 9.17) is 36.6 Å². The summed E-state index contributed by atoms with van der Waals surface area (Å²) in [5.41, 5.74) is 11.7. The van der Waals surface area contributed by atoms with Gasteiger partial charge in [0.2, 0.25) is 0 Å². The molecule has 41 heavy (non-hydrogen) atoms. The second kappa shape index (κ2) is 13.5. The third-order valence-electron chi connectivity index (χ3n) is 7.19. The molecule has 0 bridgehead atoms. The smallest absolute Gasteiger partial charge is 0.163 e. The van der Waals surface area contributed by atoms with Gasteiger partial charge in [-0.15, -0.1) is 0 Å². The Labute approximate surface area is 245 Å². The molecule has 2 atom stereocenters. The molecule has 3 aromatic rings. The molecule has 10 nitrogen and oxygen atoms in total. The van der Waals surface area contributed by atoms with E-state index in [2.05, 4.69) is 15.0 Å². The van der Waals surface area contributed by atoms with Crippen molar-refractivity contribution in [3.63, 3.8) is 0 Å². The number of aliphatic imine (C=N–C) groups is 1. The number of aromatic nitrogens is 3. The van der Waals surface area contributed by atoms with Crippen molar-refractivity contribution < 1.29 is 19.5 Å². The molecule has 0 saturated heterocycles. The number of aliphatic hydroxyl groups is 2. The fourth-order valence-corrected chi connectivity index (χ4v) is 4.99. The molecule has 0 radical (unpaired) electrons. The number of aliphatic hydroxyl groups excluding tert-OH is 2. The zero-order chi connectivity index (χ0) is 29.7. The maximum Gasteiger partial charge on any atom is 0.163 e. The third-order valence-corrected chi connectivity index (χ3v) is 7.52. The fraction of sp³-hybridized carbons (Fsp3) is 0.467. The van der Waals surface area contributed by atoms with Crippen molar-refractivity contribution in [3.05, 3.63) is 51.5 Å². The zero-order valence-corrected chi connectivity index (χ0v) is 25.1. The fourth-order valence-electron chi connectivity index (χ4n) is 4.79. The molecule has 1 aliphatic rings. The normalized spacial score (nSPS) is 15.3. The number of hydrogen-bond acceptors (Lipinski definition) is 10. The summed E-state index contributed by atoms with van der Waals surface area (Å²) in [6.07, 6.45) is 3.47. The molecule has 0 spiro atoms. The van der Waals surface area contributed by atoms with Gasteiger partial charge < -0.3 is 30.1 Å². The van der Waals surface area contributed by atoms with Crippen molar-refractivity contribution in [2.75, 3.05) is 31.2 Å². The molecule has 1 aliphatic heterocycles. The summed E-state index contributed by atoms with van der Waals surface area (Å²) in [5, 5.41) is 24.3. The van der Waals surface area contributed by atoms with E-state index in [-0.39, 0.29) is 19.3 Å². The van der Waals surface area contributed by atoms with Gasteiger partial charge in [-0.05, 0) is 51.8 Å². The maximum absolute atomic E-state index is 10.1. The molecule has 4 rings (SSSR count). The van der Waals surface area contributed by atoms with Crippen molar-refractivity contribution in [2.24, 2.45) is 10.7 Å². The first-order valence-corrected chi connectivity index (χ1v) is 14.3. The molecule has 0 fully saturated rings. The minimum atomic E-state index is -0.552. The molecule has 1 aromatic carbocycles. The molecule has 2 aromatic heterocycles. The number of aryl methyl sites for hydroxylation is 2. The van der Waals surface area contributed by atoms with E-state index >= 15 is 0 Å². The number of nitrogens with zero attached hydrogens (tertiary/aromatic N) is 5. The highest BCUT2D eigenvalue weighted by Crippen LogP contribution is 2.38. The highest BCUT2D eigenvalue weighted by Gasteiger charge is 2.27. The first-order valence-electron chi connectivity index (χ1n) is 14.0. The van der Waals surface area contributed by atoms with Gasteiger partial charge in [0.25, 0.3) is 0 Å². The highest BCUT2D eigenvalue weighted by molar-refractivity contribution is 6.33. The third kappa shape index (κ3) is 6.89. The Morgan fingerprint density at radius 2 is 2.00 bits per heavy atom. The molecule has 0 saturated carbocycles. The van der Waals surface area contributed by atoms with Gasteiger partial charge in [0.1, 0.15) is 23.9 Å². The van der Waals surface area contributed by atoms with Gasteiger partial charge in [0, 0.05) is 35.2 Å². The lowest BCUT2D eigenvalue weighted by molar-refractivity contribution is 0.0994. The van der Waals surface area contributed by atoms with Gasteiger partial charge in [-0.25, -0.2) is 9.97 Å². The SMILES string of the molecule is CCC[C@@H](O)COc1ccc(Cl)c(-c2nc(-c3c(C)noc3C)c(C)c(N3CC(N)=C(C=NC(CC)CO)C3)n2)c1. The average Bonchev–Trinajstić information content (AvgIpc) is 3.49. The van der Waals surface area contributed by atoms with Gasteiger partial charge in [0.15, 0.2) is 5.82 Å². The summed E-state index contributed by atoms with van der Waals surface area (Å²) in [7, 11) is 0. The van der Waals surface area contributed by atoms with Crippen LogP contribution in [0.2, 0.25) is 5.02 Å². The van der Waals surface area contributed by atoms with Gasteiger partial charge >= 0.3 is 0 Å². The van der Waals surface area contributed by atoms with E-state index in [0.29, 0.717) is 64.6 Å². The number of benzene rings is 1. The number of anilines is 1. The van der Waals surface area contributed by atoms with E-state index in [0.717, 1.165) is 35.2 Å². The molecule has 0 aliphatic carbocycles. The number of nitrogens with two attached hydrogens (primary N) is 1. The topological polar surface area (TPSA) is 143 Å². The monoisotopic (exact) mass is 582 g/mol. The van der Waals surface area contributed by atoms with Crippen LogP contribution in [-0.2, 0) is 0 Å². The summed E-state index contributed by atoms with van der Waals surface area (Å²) in [6, 6.07) is 5.14. The Hall–Kier alpha value is -3.47. The van der Waals surface area contributed by atoms with Crippen LogP contribution in [0.15, 0.2) is 39.0 Å². The van der Waals surface area contributed by atoms with Gasteiger partial charge in [-0.3, -0.25) is 4.99 Å². The molecule has 0 amide bonds. The zero-order valence-electron chi connectivity index (χ0n) is 24.3. The summed E-state index contributed by atoms with van der Waals surface area (Å²) in [6.45, 7) is 10.8. The molecule has 1 unspecified atom stereocenters. The van der Waals surface area contributed by atoms with E-state index in [1.165, 1.54) is 0 Å². The van der Waals surface area contributed by atoms with Crippen molar-refractivity contribution in [3.8, 4) is 28.4 Å². The average molecular weight is 583 g/mol. The molecule has 220 valence electrons. The quantitative estimate of drug-likeness (QED) is 0.257. The molecule has 4 N–H and O–H groups in total. The Bertz CT molecular complexity index is 1410. The summed E-state index contributed by atoms with van der Waals surface area (Å²) in [5.74, 6) is 2.32. The van der Waals surface area contributed by atoms with Crippen molar-refractivity contribution in [1.29, 1.82) is 0 Å². The van der Waals surface area contributed by atoms with E-state index in [1.54, 1.807) is 24.4 Å². The van der Waals surface area contributed by atoms with Gasteiger partial charge in [-0.2, -0.15) is 0 Å². The van der Waals surface area contributed by atoms with Crippen LogP contribution in [-0.4, -0.2) is 70.0 Å². The molecular formula is C30H39ClN6O4. The van der Waals surface area contributed by atoms with Crippen LogP contribution in [0.3, 0.4) is 0 Å².